The van der Waals surface area contributed by atoms with E-state index in [0.29, 0.717) is 5.82 Å². The van der Waals surface area contributed by atoms with Crippen LogP contribution in [-0.2, 0) is 7.05 Å². The van der Waals surface area contributed by atoms with Gasteiger partial charge >= 0.3 is 6.03 Å². The maximum atomic E-state index is 11.7. The Morgan fingerprint density at radius 1 is 1.77 bits per heavy atom. The van der Waals surface area contributed by atoms with Gasteiger partial charge in [0.25, 0.3) is 0 Å². The zero-order valence-electron chi connectivity index (χ0n) is 7.25. The number of urea groups is 1. The molecule has 0 aromatic carbocycles. The third-order valence-corrected chi connectivity index (χ3v) is 1.44. The van der Waals surface area contributed by atoms with Crippen molar-refractivity contribution < 1.29 is 9.18 Å². The quantitative estimate of drug-likeness (QED) is 0.722. The first-order valence-electron chi connectivity index (χ1n) is 3.83. The molecule has 6 heteroatoms. The number of nitrogens with zero attached hydrogens (tertiary/aromatic N) is 2. The predicted octanol–water partition coefficient (Wildman–Crippen LogP) is 0.511. The highest BCUT2D eigenvalue weighted by Gasteiger charge is 2.02. The van der Waals surface area contributed by atoms with Crippen molar-refractivity contribution in [3.05, 3.63) is 12.3 Å². The molecule has 2 amide bonds. The smallest absolute Gasteiger partial charge is 0.320 e. The summed E-state index contributed by atoms with van der Waals surface area (Å²) in [4.78, 5) is 11.0. The van der Waals surface area contributed by atoms with Crippen molar-refractivity contribution in [3.63, 3.8) is 0 Å². The van der Waals surface area contributed by atoms with Gasteiger partial charge in [-0.05, 0) is 0 Å². The number of hydrogen-bond donors (Lipinski definition) is 2. The third kappa shape index (κ3) is 2.73. The van der Waals surface area contributed by atoms with Gasteiger partial charge in [0, 0.05) is 19.7 Å². The van der Waals surface area contributed by atoms with Crippen LogP contribution in [-0.4, -0.2) is 29.0 Å². The van der Waals surface area contributed by atoms with Crippen LogP contribution in [0.25, 0.3) is 0 Å². The summed E-state index contributed by atoms with van der Waals surface area (Å²) in [5.74, 6) is 0.566. The van der Waals surface area contributed by atoms with Crippen LogP contribution in [0.15, 0.2) is 12.3 Å². The first-order valence-corrected chi connectivity index (χ1v) is 3.83. The van der Waals surface area contributed by atoms with Crippen LogP contribution in [0.2, 0.25) is 0 Å². The van der Waals surface area contributed by atoms with E-state index >= 15 is 0 Å². The molecule has 1 heterocycles. The zero-order valence-corrected chi connectivity index (χ0v) is 7.25. The summed E-state index contributed by atoms with van der Waals surface area (Å²) in [7, 11) is 1.70. The molecule has 0 fully saturated rings. The SMILES string of the molecule is Cn1nccc1NC(=O)NCCF. The van der Waals surface area contributed by atoms with Gasteiger partial charge in [-0.2, -0.15) is 5.10 Å². The van der Waals surface area contributed by atoms with Crippen molar-refractivity contribution in [2.75, 3.05) is 18.5 Å². The molecule has 1 aromatic heterocycles. The van der Waals surface area contributed by atoms with E-state index < -0.39 is 12.7 Å². The Morgan fingerprint density at radius 3 is 3.08 bits per heavy atom. The number of aryl methyl sites for hydroxylation is 1. The second-order valence-electron chi connectivity index (χ2n) is 2.41. The summed E-state index contributed by atoms with van der Waals surface area (Å²) in [6.45, 7) is -0.553. The second kappa shape index (κ2) is 4.44. The monoisotopic (exact) mass is 186 g/mol. The van der Waals surface area contributed by atoms with Gasteiger partial charge in [-0.1, -0.05) is 0 Å². The molecule has 0 aliphatic rings. The van der Waals surface area contributed by atoms with Crippen molar-refractivity contribution in [1.82, 2.24) is 15.1 Å². The van der Waals surface area contributed by atoms with Gasteiger partial charge in [0.05, 0.1) is 6.20 Å². The normalized spacial score (nSPS) is 9.69. The summed E-state index contributed by atoms with van der Waals surface area (Å²) in [5, 5.41) is 8.69. The number of alkyl halides is 1. The molecule has 1 rings (SSSR count). The van der Waals surface area contributed by atoms with E-state index in [1.165, 1.54) is 4.68 Å². The molecular formula is C7H11FN4O. The lowest BCUT2D eigenvalue weighted by Gasteiger charge is -2.05. The minimum absolute atomic E-state index is 0.0175. The minimum Gasteiger partial charge on any atom is -0.335 e. The van der Waals surface area contributed by atoms with E-state index in [4.69, 9.17) is 0 Å². The summed E-state index contributed by atoms with van der Waals surface area (Å²) < 4.78 is 13.2. The fourth-order valence-electron chi connectivity index (χ4n) is 0.818. The number of halogens is 1. The fourth-order valence-corrected chi connectivity index (χ4v) is 0.818. The number of amides is 2. The first-order chi connectivity index (χ1) is 6.24. The van der Waals surface area contributed by atoms with Crippen molar-refractivity contribution in [1.29, 1.82) is 0 Å². The topological polar surface area (TPSA) is 59.0 Å². The lowest BCUT2D eigenvalue weighted by Crippen LogP contribution is -2.31. The van der Waals surface area contributed by atoms with Gasteiger partial charge in [-0.3, -0.25) is 10.00 Å². The van der Waals surface area contributed by atoms with Crippen molar-refractivity contribution >= 4 is 11.8 Å². The van der Waals surface area contributed by atoms with E-state index in [9.17, 15) is 9.18 Å². The Labute approximate surface area is 74.9 Å². The van der Waals surface area contributed by atoms with Crippen LogP contribution in [0.4, 0.5) is 15.0 Å². The number of anilines is 1. The van der Waals surface area contributed by atoms with Gasteiger partial charge in [-0.15, -0.1) is 0 Å². The van der Waals surface area contributed by atoms with Gasteiger partial charge in [0.2, 0.25) is 0 Å². The Kier molecular flexibility index (Phi) is 3.24. The van der Waals surface area contributed by atoms with E-state index in [1.807, 2.05) is 0 Å². The lowest BCUT2D eigenvalue weighted by molar-refractivity contribution is 0.251. The molecule has 0 radical (unpaired) electrons. The Bertz CT molecular complexity index is 286. The molecule has 0 aliphatic carbocycles. The number of hydrogen-bond acceptors (Lipinski definition) is 2. The average molecular weight is 186 g/mol. The maximum absolute atomic E-state index is 11.7. The standard InChI is InChI=1S/C7H11FN4O/c1-12-6(2-4-10-12)11-7(13)9-5-3-8/h2,4H,3,5H2,1H3,(H2,9,11,13). The molecular weight excluding hydrogens is 175 g/mol. The lowest BCUT2D eigenvalue weighted by atomic mass is 10.6. The Balaban J connectivity index is 2.41. The molecule has 0 atom stereocenters. The number of rotatable bonds is 3. The van der Waals surface area contributed by atoms with Crippen LogP contribution in [0.3, 0.4) is 0 Å². The van der Waals surface area contributed by atoms with Crippen LogP contribution < -0.4 is 10.6 Å². The van der Waals surface area contributed by atoms with Gasteiger partial charge < -0.3 is 5.32 Å². The molecule has 5 nitrogen and oxygen atoms in total. The number of carbonyl (C=O) groups excluding carboxylic acids is 1. The Morgan fingerprint density at radius 2 is 2.54 bits per heavy atom. The molecule has 0 spiro atoms. The van der Waals surface area contributed by atoms with Crippen molar-refractivity contribution in [2.24, 2.45) is 7.05 Å². The first kappa shape index (κ1) is 9.50. The van der Waals surface area contributed by atoms with Crippen LogP contribution in [0, 0.1) is 0 Å². The molecule has 2 N–H and O–H groups in total. The van der Waals surface area contributed by atoms with Crippen LogP contribution in [0.5, 0.6) is 0 Å². The number of nitrogens with one attached hydrogen (secondary N) is 2. The minimum atomic E-state index is -0.571. The summed E-state index contributed by atoms with van der Waals surface area (Å²) in [5.41, 5.74) is 0. The molecule has 0 aliphatic heterocycles. The molecule has 0 unspecified atom stereocenters. The van der Waals surface area contributed by atoms with Crippen LogP contribution >= 0.6 is 0 Å². The fraction of sp³-hybridized carbons (Fsp3) is 0.429. The number of carbonyl (C=O) groups is 1. The van der Waals surface area contributed by atoms with E-state index in [1.54, 1.807) is 19.3 Å². The Hall–Kier alpha value is -1.59. The average Bonchev–Trinajstić information content (AvgIpc) is 2.48. The largest absolute Gasteiger partial charge is 0.335 e. The predicted molar refractivity (Wildman–Crippen MR) is 46.2 cm³/mol. The third-order valence-electron chi connectivity index (χ3n) is 1.44. The van der Waals surface area contributed by atoms with E-state index in [2.05, 4.69) is 15.7 Å². The summed E-state index contributed by atoms with van der Waals surface area (Å²) in [6.07, 6.45) is 1.56. The zero-order chi connectivity index (χ0) is 9.68. The summed E-state index contributed by atoms with van der Waals surface area (Å²) in [6, 6.07) is 1.22. The highest BCUT2D eigenvalue weighted by Crippen LogP contribution is 2.01. The maximum Gasteiger partial charge on any atom is 0.320 e. The highest BCUT2D eigenvalue weighted by atomic mass is 19.1. The second-order valence-corrected chi connectivity index (χ2v) is 2.41. The molecule has 13 heavy (non-hydrogen) atoms. The highest BCUT2D eigenvalue weighted by molar-refractivity contribution is 5.88. The summed E-state index contributed by atoms with van der Waals surface area (Å²) >= 11 is 0. The van der Waals surface area contributed by atoms with Gasteiger partial charge in [0.15, 0.2) is 0 Å². The molecule has 0 saturated carbocycles. The van der Waals surface area contributed by atoms with E-state index in [-0.39, 0.29) is 6.54 Å². The molecule has 1 aromatic rings. The molecule has 0 saturated heterocycles. The van der Waals surface area contributed by atoms with E-state index in [0.717, 1.165) is 0 Å². The molecule has 0 bridgehead atoms. The van der Waals surface area contributed by atoms with Gasteiger partial charge in [0.1, 0.15) is 12.5 Å². The molecule has 72 valence electrons. The van der Waals surface area contributed by atoms with Crippen LogP contribution in [0.1, 0.15) is 0 Å². The van der Waals surface area contributed by atoms with Gasteiger partial charge in [-0.25, -0.2) is 9.18 Å². The van der Waals surface area contributed by atoms with Crippen molar-refractivity contribution in [2.45, 2.75) is 0 Å². The van der Waals surface area contributed by atoms with Crippen molar-refractivity contribution in [3.8, 4) is 0 Å². The number of aromatic nitrogens is 2.